The van der Waals surface area contributed by atoms with E-state index in [0.717, 1.165) is 12.0 Å². The van der Waals surface area contributed by atoms with Crippen LogP contribution in [0.2, 0.25) is 0 Å². The average Bonchev–Trinajstić information content (AvgIpc) is 3.20. The third kappa shape index (κ3) is 2.53. The van der Waals surface area contributed by atoms with Crippen LogP contribution in [0.3, 0.4) is 0 Å². The highest BCUT2D eigenvalue weighted by Crippen LogP contribution is 2.45. The smallest absolute Gasteiger partial charge is 0.203 e. The molecule has 1 aromatic carbocycles. The van der Waals surface area contributed by atoms with Gasteiger partial charge in [0.25, 0.3) is 0 Å². The summed E-state index contributed by atoms with van der Waals surface area (Å²) in [5.41, 5.74) is 0.766. The summed E-state index contributed by atoms with van der Waals surface area (Å²) in [4.78, 5) is 0. The maximum absolute atomic E-state index is 10.3. The van der Waals surface area contributed by atoms with Crippen molar-refractivity contribution in [3.8, 4) is 17.2 Å². The van der Waals surface area contributed by atoms with Crippen LogP contribution in [0.4, 0.5) is 0 Å². The minimum atomic E-state index is -0.507. The second kappa shape index (κ2) is 5.48. The lowest BCUT2D eigenvalue weighted by Crippen LogP contribution is -2.04. The van der Waals surface area contributed by atoms with Crippen molar-refractivity contribution in [2.24, 2.45) is 5.92 Å². The first kappa shape index (κ1) is 13.0. The highest BCUT2D eigenvalue weighted by Gasteiger charge is 2.28. The molecule has 0 spiro atoms. The molecule has 1 aliphatic carbocycles. The fourth-order valence-corrected chi connectivity index (χ4v) is 2.18. The Bertz CT molecular complexity index is 413. The molecule has 0 bridgehead atoms. The summed E-state index contributed by atoms with van der Waals surface area (Å²) in [6.45, 7) is 0. The van der Waals surface area contributed by atoms with Crippen LogP contribution in [-0.2, 0) is 0 Å². The van der Waals surface area contributed by atoms with Gasteiger partial charge in [0.2, 0.25) is 5.75 Å². The Hall–Kier alpha value is -1.42. The summed E-state index contributed by atoms with van der Waals surface area (Å²) in [7, 11) is 4.72. The molecule has 2 rings (SSSR count). The Morgan fingerprint density at radius 1 is 1.11 bits per heavy atom. The summed E-state index contributed by atoms with van der Waals surface area (Å²) in [5, 5.41) is 10.3. The molecule has 1 fully saturated rings. The molecule has 0 amide bonds. The SMILES string of the molecule is COc1ccc(C(O)CC2CC2)c(OC)c1OC. The van der Waals surface area contributed by atoms with Crippen LogP contribution in [0.25, 0.3) is 0 Å². The summed E-state index contributed by atoms with van der Waals surface area (Å²) < 4.78 is 15.9. The second-order valence-corrected chi connectivity index (χ2v) is 4.62. The monoisotopic (exact) mass is 252 g/mol. The van der Waals surface area contributed by atoms with Gasteiger partial charge in [-0.2, -0.15) is 0 Å². The fourth-order valence-electron chi connectivity index (χ4n) is 2.18. The number of hydrogen-bond acceptors (Lipinski definition) is 4. The van der Waals surface area contributed by atoms with Gasteiger partial charge in [-0.15, -0.1) is 0 Å². The minimum absolute atomic E-state index is 0.507. The Morgan fingerprint density at radius 3 is 2.28 bits per heavy atom. The zero-order valence-electron chi connectivity index (χ0n) is 11.1. The Morgan fingerprint density at radius 2 is 1.78 bits per heavy atom. The van der Waals surface area contributed by atoms with Gasteiger partial charge in [0.05, 0.1) is 27.4 Å². The molecule has 1 aromatic rings. The van der Waals surface area contributed by atoms with E-state index in [9.17, 15) is 5.11 Å². The van der Waals surface area contributed by atoms with E-state index in [2.05, 4.69) is 0 Å². The summed E-state index contributed by atoms with van der Waals surface area (Å²) >= 11 is 0. The molecule has 1 N–H and O–H groups in total. The highest BCUT2D eigenvalue weighted by atomic mass is 16.5. The lowest BCUT2D eigenvalue weighted by Gasteiger charge is -2.18. The van der Waals surface area contributed by atoms with E-state index < -0.39 is 6.10 Å². The van der Waals surface area contributed by atoms with Gasteiger partial charge in [0, 0.05) is 5.56 Å². The molecule has 0 radical (unpaired) electrons. The predicted molar refractivity (Wildman–Crippen MR) is 68.4 cm³/mol. The van der Waals surface area contributed by atoms with Gasteiger partial charge in [-0.25, -0.2) is 0 Å². The number of hydrogen-bond donors (Lipinski definition) is 1. The lowest BCUT2D eigenvalue weighted by molar-refractivity contribution is 0.155. The lowest BCUT2D eigenvalue weighted by atomic mass is 10.0. The largest absolute Gasteiger partial charge is 0.493 e. The number of ether oxygens (including phenoxy) is 3. The summed E-state index contributed by atoms with van der Waals surface area (Å²) in [5.74, 6) is 2.35. The van der Waals surface area contributed by atoms with Crippen LogP contribution < -0.4 is 14.2 Å². The standard InChI is InChI=1S/C14H20O4/c1-16-12-7-6-10(11(15)8-9-4-5-9)13(17-2)14(12)18-3/h6-7,9,11,15H,4-5,8H2,1-3H3. The van der Waals surface area contributed by atoms with Gasteiger partial charge in [-0.05, 0) is 24.5 Å². The molecule has 1 atom stereocenters. The number of aliphatic hydroxyl groups is 1. The van der Waals surface area contributed by atoms with Gasteiger partial charge in [-0.3, -0.25) is 0 Å². The van der Waals surface area contributed by atoms with Crippen molar-refractivity contribution in [3.05, 3.63) is 17.7 Å². The minimum Gasteiger partial charge on any atom is -0.493 e. The molecule has 4 nitrogen and oxygen atoms in total. The van der Waals surface area contributed by atoms with Crippen molar-refractivity contribution in [1.82, 2.24) is 0 Å². The number of aliphatic hydroxyl groups excluding tert-OH is 1. The molecule has 0 heterocycles. The van der Waals surface area contributed by atoms with Gasteiger partial charge in [-0.1, -0.05) is 12.8 Å². The molecule has 0 aromatic heterocycles. The third-order valence-corrected chi connectivity index (χ3v) is 3.35. The van der Waals surface area contributed by atoms with Crippen molar-refractivity contribution in [2.75, 3.05) is 21.3 Å². The predicted octanol–water partition coefficient (Wildman–Crippen LogP) is 2.55. The van der Waals surface area contributed by atoms with Crippen molar-refractivity contribution >= 4 is 0 Å². The fraction of sp³-hybridized carbons (Fsp3) is 0.571. The first-order valence-corrected chi connectivity index (χ1v) is 6.18. The van der Waals surface area contributed by atoms with Gasteiger partial charge >= 0.3 is 0 Å². The molecule has 0 aliphatic heterocycles. The van der Waals surface area contributed by atoms with E-state index in [1.54, 1.807) is 27.4 Å². The maximum atomic E-state index is 10.3. The molecule has 1 aliphatic rings. The molecule has 18 heavy (non-hydrogen) atoms. The third-order valence-electron chi connectivity index (χ3n) is 3.35. The van der Waals surface area contributed by atoms with E-state index in [4.69, 9.17) is 14.2 Å². The quantitative estimate of drug-likeness (QED) is 0.845. The zero-order chi connectivity index (χ0) is 13.1. The van der Waals surface area contributed by atoms with Crippen molar-refractivity contribution in [2.45, 2.75) is 25.4 Å². The van der Waals surface area contributed by atoms with E-state index in [0.29, 0.717) is 23.2 Å². The summed E-state index contributed by atoms with van der Waals surface area (Å²) in [6, 6.07) is 3.64. The van der Waals surface area contributed by atoms with Crippen LogP contribution in [-0.4, -0.2) is 26.4 Å². The molecule has 1 saturated carbocycles. The Balaban J connectivity index is 2.33. The average molecular weight is 252 g/mol. The molecule has 4 heteroatoms. The number of methoxy groups -OCH3 is 3. The van der Waals surface area contributed by atoms with Crippen LogP contribution in [0, 0.1) is 5.92 Å². The van der Waals surface area contributed by atoms with Crippen LogP contribution >= 0.6 is 0 Å². The van der Waals surface area contributed by atoms with E-state index in [1.165, 1.54) is 12.8 Å². The maximum Gasteiger partial charge on any atom is 0.203 e. The molecule has 1 unspecified atom stereocenters. The molecule has 0 saturated heterocycles. The number of rotatable bonds is 6. The molecular weight excluding hydrogens is 232 g/mol. The normalized spacial score (nSPS) is 16.2. The van der Waals surface area contributed by atoms with Gasteiger partial charge in [0.15, 0.2) is 11.5 Å². The van der Waals surface area contributed by atoms with Crippen molar-refractivity contribution in [1.29, 1.82) is 0 Å². The van der Waals surface area contributed by atoms with E-state index >= 15 is 0 Å². The summed E-state index contributed by atoms with van der Waals surface area (Å²) in [6.07, 6.45) is 2.71. The van der Waals surface area contributed by atoms with E-state index in [1.807, 2.05) is 6.07 Å². The van der Waals surface area contributed by atoms with E-state index in [-0.39, 0.29) is 0 Å². The topological polar surface area (TPSA) is 47.9 Å². The zero-order valence-corrected chi connectivity index (χ0v) is 11.1. The molecular formula is C14H20O4. The van der Waals surface area contributed by atoms with Gasteiger partial charge in [0.1, 0.15) is 0 Å². The van der Waals surface area contributed by atoms with Gasteiger partial charge < -0.3 is 19.3 Å². The van der Waals surface area contributed by atoms with Crippen LogP contribution in [0.15, 0.2) is 12.1 Å². The highest BCUT2D eigenvalue weighted by molar-refractivity contribution is 5.56. The molecule has 100 valence electrons. The first-order chi connectivity index (χ1) is 8.71. The Kier molecular flexibility index (Phi) is 3.97. The van der Waals surface area contributed by atoms with Crippen LogP contribution in [0.5, 0.6) is 17.2 Å². The van der Waals surface area contributed by atoms with Crippen LogP contribution in [0.1, 0.15) is 30.9 Å². The first-order valence-electron chi connectivity index (χ1n) is 6.18. The van der Waals surface area contributed by atoms with Crippen molar-refractivity contribution < 1.29 is 19.3 Å². The number of benzene rings is 1. The second-order valence-electron chi connectivity index (χ2n) is 4.62. The Labute approximate surface area is 107 Å². The van der Waals surface area contributed by atoms with Crippen molar-refractivity contribution in [3.63, 3.8) is 0 Å².